The van der Waals surface area contributed by atoms with Gasteiger partial charge < -0.3 is 4.90 Å². The second-order valence-electron chi connectivity index (χ2n) is 11.7. The van der Waals surface area contributed by atoms with Crippen molar-refractivity contribution in [2.75, 3.05) is 4.90 Å². The number of anilines is 3. The van der Waals surface area contributed by atoms with Crippen LogP contribution in [0.3, 0.4) is 0 Å². The van der Waals surface area contributed by atoms with Gasteiger partial charge >= 0.3 is 0 Å². The zero-order valence-electron chi connectivity index (χ0n) is 24.7. The van der Waals surface area contributed by atoms with Crippen LogP contribution in [0.25, 0.3) is 23.3 Å². The predicted octanol–water partition coefficient (Wildman–Crippen LogP) is 12.1. The lowest BCUT2D eigenvalue weighted by atomic mass is 9.77. The van der Waals surface area contributed by atoms with E-state index in [1.165, 1.54) is 66.3 Å². The van der Waals surface area contributed by atoms with Crippen LogP contribution >= 0.6 is 0 Å². The number of rotatable bonds is 9. The normalized spacial score (nSPS) is 16.9. The quantitative estimate of drug-likeness (QED) is 0.166. The van der Waals surface area contributed by atoms with E-state index in [4.69, 9.17) is 0 Å². The van der Waals surface area contributed by atoms with Gasteiger partial charge in [-0.1, -0.05) is 129 Å². The fourth-order valence-electron chi connectivity index (χ4n) is 6.46. The highest BCUT2D eigenvalue weighted by atomic mass is 15.1. The van der Waals surface area contributed by atoms with Gasteiger partial charge in [-0.05, 0) is 102 Å². The van der Waals surface area contributed by atoms with E-state index in [1.807, 2.05) is 0 Å². The third-order valence-electron chi connectivity index (χ3n) is 8.82. The molecule has 0 spiro atoms. The standard InChI is InChI=1S/C41H41N/c1-2-9-32-16-22-35(23-17-32)37-26-28-38(29-27-37)36-24-18-33(19-25-36)14-15-34-20-30-41(31-21-34)42(39-10-5-3-6-11-39)40-12-7-4-8-13-40/h3-8,10-15,18-21,24-32,35H,2,9,16-17,22-23H2,1H3. The van der Waals surface area contributed by atoms with Gasteiger partial charge in [0.15, 0.2) is 0 Å². The zero-order valence-corrected chi connectivity index (χ0v) is 24.7. The molecule has 0 atom stereocenters. The minimum absolute atomic E-state index is 0.744. The monoisotopic (exact) mass is 547 g/mol. The lowest BCUT2D eigenvalue weighted by molar-refractivity contribution is 0.308. The minimum atomic E-state index is 0.744. The molecule has 1 aliphatic carbocycles. The van der Waals surface area contributed by atoms with Crippen molar-refractivity contribution in [3.05, 3.63) is 150 Å². The molecule has 5 aromatic carbocycles. The summed E-state index contributed by atoms with van der Waals surface area (Å²) in [4.78, 5) is 2.29. The van der Waals surface area contributed by atoms with Crippen LogP contribution in [0.4, 0.5) is 17.1 Å². The maximum atomic E-state index is 2.37. The highest BCUT2D eigenvalue weighted by molar-refractivity contribution is 5.78. The first-order chi connectivity index (χ1) is 20.8. The summed E-state index contributed by atoms with van der Waals surface area (Å²) in [5.74, 6) is 1.70. The Balaban J connectivity index is 1.10. The van der Waals surface area contributed by atoms with Gasteiger partial charge in [0.25, 0.3) is 0 Å². The fraction of sp³-hybridized carbons (Fsp3) is 0.220. The summed E-state index contributed by atoms with van der Waals surface area (Å²) in [6.45, 7) is 2.32. The largest absolute Gasteiger partial charge is 0.311 e. The van der Waals surface area contributed by atoms with Crippen LogP contribution in [-0.2, 0) is 0 Å². The van der Waals surface area contributed by atoms with Crippen LogP contribution in [-0.4, -0.2) is 0 Å². The van der Waals surface area contributed by atoms with E-state index >= 15 is 0 Å². The van der Waals surface area contributed by atoms with Crippen molar-refractivity contribution >= 4 is 29.2 Å². The molecule has 0 heterocycles. The van der Waals surface area contributed by atoms with Gasteiger partial charge in [-0.25, -0.2) is 0 Å². The molecule has 1 fully saturated rings. The Hall–Kier alpha value is -4.36. The summed E-state index contributed by atoms with van der Waals surface area (Å²) < 4.78 is 0. The van der Waals surface area contributed by atoms with Crippen LogP contribution in [0.2, 0.25) is 0 Å². The first-order valence-electron chi connectivity index (χ1n) is 15.7. The Kier molecular flexibility index (Phi) is 8.96. The summed E-state index contributed by atoms with van der Waals surface area (Å²) in [6, 6.07) is 48.1. The molecule has 0 radical (unpaired) electrons. The van der Waals surface area contributed by atoms with Crippen molar-refractivity contribution in [2.45, 2.75) is 51.4 Å². The Bertz CT molecular complexity index is 1500. The van der Waals surface area contributed by atoms with Crippen molar-refractivity contribution in [2.24, 2.45) is 5.92 Å². The van der Waals surface area contributed by atoms with E-state index in [1.54, 1.807) is 0 Å². The molecular formula is C41H41N. The average Bonchev–Trinajstić information content (AvgIpc) is 3.06. The van der Waals surface area contributed by atoms with Gasteiger partial charge in [-0.2, -0.15) is 0 Å². The topological polar surface area (TPSA) is 3.24 Å². The molecule has 1 aliphatic rings. The van der Waals surface area contributed by atoms with Crippen LogP contribution in [0.15, 0.2) is 133 Å². The third kappa shape index (κ3) is 6.74. The van der Waals surface area contributed by atoms with E-state index in [9.17, 15) is 0 Å². The number of benzene rings is 5. The molecule has 42 heavy (non-hydrogen) atoms. The maximum absolute atomic E-state index is 2.37. The van der Waals surface area contributed by atoms with Crippen LogP contribution in [0.1, 0.15) is 68.1 Å². The molecule has 5 aromatic rings. The Labute approximate surface area is 252 Å². The van der Waals surface area contributed by atoms with E-state index in [0.717, 1.165) is 28.9 Å². The smallest absolute Gasteiger partial charge is 0.0462 e. The molecule has 210 valence electrons. The molecule has 0 unspecified atom stereocenters. The fourth-order valence-corrected chi connectivity index (χ4v) is 6.46. The Morgan fingerprint density at radius 3 is 1.48 bits per heavy atom. The lowest BCUT2D eigenvalue weighted by Gasteiger charge is -2.28. The molecular weight excluding hydrogens is 506 g/mol. The minimum Gasteiger partial charge on any atom is -0.311 e. The van der Waals surface area contributed by atoms with Crippen LogP contribution in [0, 0.1) is 5.92 Å². The number of nitrogens with zero attached hydrogens (tertiary/aromatic N) is 1. The van der Waals surface area contributed by atoms with Crippen molar-refractivity contribution in [3.63, 3.8) is 0 Å². The highest BCUT2D eigenvalue weighted by Crippen LogP contribution is 2.38. The molecule has 0 aliphatic heterocycles. The molecule has 1 saturated carbocycles. The van der Waals surface area contributed by atoms with Crippen molar-refractivity contribution in [1.82, 2.24) is 0 Å². The average molecular weight is 548 g/mol. The van der Waals surface area contributed by atoms with Crippen LogP contribution in [0.5, 0.6) is 0 Å². The van der Waals surface area contributed by atoms with Gasteiger partial charge in [-0.3, -0.25) is 0 Å². The summed E-state index contributed by atoms with van der Waals surface area (Å²) >= 11 is 0. The first kappa shape index (κ1) is 27.8. The Morgan fingerprint density at radius 2 is 0.976 bits per heavy atom. The van der Waals surface area contributed by atoms with E-state index in [0.29, 0.717) is 0 Å². The second kappa shape index (κ2) is 13.5. The lowest BCUT2D eigenvalue weighted by Crippen LogP contribution is -2.13. The molecule has 0 aromatic heterocycles. The first-order valence-corrected chi connectivity index (χ1v) is 15.7. The molecule has 1 heteroatoms. The summed E-state index contributed by atoms with van der Waals surface area (Å²) in [5.41, 5.74) is 9.93. The zero-order chi connectivity index (χ0) is 28.6. The van der Waals surface area contributed by atoms with E-state index in [2.05, 4.69) is 157 Å². The summed E-state index contributed by atoms with van der Waals surface area (Å²) in [7, 11) is 0. The second-order valence-corrected chi connectivity index (χ2v) is 11.7. The van der Waals surface area contributed by atoms with Gasteiger partial charge in [0.05, 0.1) is 0 Å². The molecule has 6 rings (SSSR count). The predicted molar refractivity (Wildman–Crippen MR) is 182 cm³/mol. The summed E-state index contributed by atoms with van der Waals surface area (Å²) in [6.07, 6.45) is 12.6. The van der Waals surface area contributed by atoms with E-state index in [-0.39, 0.29) is 0 Å². The number of hydrogen-bond donors (Lipinski definition) is 0. The molecule has 1 nitrogen and oxygen atoms in total. The van der Waals surface area contributed by atoms with Crippen LogP contribution < -0.4 is 4.90 Å². The van der Waals surface area contributed by atoms with E-state index < -0.39 is 0 Å². The Morgan fingerprint density at radius 1 is 0.524 bits per heavy atom. The number of para-hydroxylation sites is 2. The SMILES string of the molecule is CCCC1CCC(c2ccc(-c3ccc(C=Cc4ccc(N(c5ccccc5)c5ccccc5)cc4)cc3)cc2)CC1. The molecule has 0 saturated heterocycles. The van der Waals surface area contributed by atoms with Crippen molar-refractivity contribution < 1.29 is 0 Å². The molecule has 0 bridgehead atoms. The maximum Gasteiger partial charge on any atom is 0.0462 e. The van der Waals surface area contributed by atoms with Gasteiger partial charge in [0.1, 0.15) is 0 Å². The molecule has 0 N–H and O–H groups in total. The molecule has 0 amide bonds. The van der Waals surface area contributed by atoms with Gasteiger partial charge in [-0.15, -0.1) is 0 Å². The van der Waals surface area contributed by atoms with Gasteiger partial charge in [0, 0.05) is 17.1 Å². The third-order valence-corrected chi connectivity index (χ3v) is 8.82. The summed E-state index contributed by atoms with van der Waals surface area (Å²) in [5, 5.41) is 0. The van der Waals surface area contributed by atoms with Gasteiger partial charge in [0.2, 0.25) is 0 Å². The highest BCUT2D eigenvalue weighted by Gasteiger charge is 2.21. The van der Waals surface area contributed by atoms with Crippen molar-refractivity contribution in [3.8, 4) is 11.1 Å². The number of hydrogen-bond acceptors (Lipinski definition) is 1. The van der Waals surface area contributed by atoms with Crippen molar-refractivity contribution in [1.29, 1.82) is 0 Å².